The molecule has 1 rings (SSSR count). The summed E-state index contributed by atoms with van der Waals surface area (Å²) in [5, 5.41) is 17.8. The molecule has 0 aromatic carbocycles. The fraction of sp³-hybridized carbons (Fsp3) is 1.00. The van der Waals surface area contributed by atoms with Crippen molar-refractivity contribution in [2.45, 2.75) is 44.9 Å². The number of hydrogen-bond acceptors (Lipinski definition) is 2. The largest absolute Gasteiger partial charge is 0.396 e. The average molecular weight is 186 g/mol. The van der Waals surface area contributed by atoms with Crippen LogP contribution in [0.15, 0.2) is 0 Å². The Balaban J connectivity index is 2.30. The summed E-state index contributed by atoms with van der Waals surface area (Å²) in [4.78, 5) is 0. The van der Waals surface area contributed by atoms with Gasteiger partial charge >= 0.3 is 0 Å². The minimum atomic E-state index is 0.330. The second-order valence-corrected chi connectivity index (χ2v) is 4.28. The van der Waals surface area contributed by atoms with E-state index >= 15 is 0 Å². The zero-order valence-electron chi connectivity index (χ0n) is 8.41. The Morgan fingerprint density at radius 2 is 1.31 bits per heavy atom. The highest BCUT2D eigenvalue weighted by atomic mass is 16.3. The van der Waals surface area contributed by atoms with Crippen LogP contribution in [0.25, 0.3) is 0 Å². The number of aliphatic hydroxyl groups excluding tert-OH is 2. The van der Waals surface area contributed by atoms with Gasteiger partial charge in [0.25, 0.3) is 0 Å². The van der Waals surface area contributed by atoms with E-state index < -0.39 is 0 Å². The van der Waals surface area contributed by atoms with Crippen LogP contribution >= 0.6 is 0 Å². The summed E-state index contributed by atoms with van der Waals surface area (Å²) >= 11 is 0. The van der Waals surface area contributed by atoms with Crippen molar-refractivity contribution in [3.63, 3.8) is 0 Å². The van der Waals surface area contributed by atoms with Crippen LogP contribution < -0.4 is 0 Å². The van der Waals surface area contributed by atoms with Crippen LogP contribution in [-0.2, 0) is 0 Å². The molecule has 0 aromatic rings. The van der Waals surface area contributed by atoms with Gasteiger partial charge in [0, 0.05) is 13.2 Å². The van der Waals surface area contributed by atoms with Gasteiger partial charge in [-0.15, -0.1) is 0 Å². The molecule has 0 aliphatic heterocycles. The Labute approximate surface area is 81.0 Å². The molecule has 1 fully saturated rings. The molecule has 0 bridgehead atoms. The number of hydrogen-bond donors (Lipinski definition) is 2. The van der Waals surface area contributed by atoms with Gasteiger partial charge in [0.2, 0.25) is 0 Å². The third kappa shape index (κ3) is 4.10. The molecule has 1 aliphatic carbocycles. The monoisotopic (exact) mass is 186 g/mol. The predicted molar refractivity (Wildman–Crippen MR) is 53.5 cm³/mol. The molecule has 0 saturated heterocycles. The maximum atomic E-state index is 8.88. The molecule has 13 heavy (non-hydrogen) atoms. The SMILES string of the molecule is OCCC1CCCCC(CCO)C1. The lowest BCUT2D eigenvalue weighted by Crippen LogP contribution is -2.09. The van der Waals surface area contributed by atoms with E-state index in [4.69, 9.17) is 10.2 Å². The minimum Gasteiger partial charge on any atom is -0.396 e. The van der Waals surface area contributed by atoms with E-state index in [-0.39, 0.29) is 0 Å². The third-order valence-electron chi connectivity index (χ3n) is 3.22. The van der Waals surface area contributed by atoms with E-state index in [0.29, 0.717) is 25.0 Å². The molecule has 0 heterocycles. The van der Waals surface area contributed by atoms with Crippen LogP contribution in [0.2, 0.25) is 0 Å². The Morgan fingerprint density at radius 1 is 0.846 bits per heavy atom. The van der Waals surface area contributed by atoms with Crippen molar-refractivity contribution in [2.75, 3.05) is 13.2 Å². The van der Waals surface area contributed by atoms with Crippen LogP contribution in [0.5, 0.6) is 0 Å². The van der Waals surface area contributed by atoms with Gasteiger partial charge in [0.15, 0.2) is 0 Å². The van der Waals surface area contributed by atoms with Crippen molar-refractivity contribution < 1.29 is 10.2 Å². The molecule has 2 heteroatoms. The van der Waals surface area contributed by atoms with E-state index in [0.717, 1.165) is 12.8 Å². The lowest BCUT2D eigenvalue weighted by molar-refractivity contribution is 0.214. The molecule has 78 valence electrons. The highest BCUT2D eigenvalue weighted by Gasteiger charge is 2.19. The van der Waals surface area contributed by atoms with Gasteiger partial charge in [0.1, 0.15) is 0 Å². The summed E-state index contributed by atoms with van der Waals surface area (Å²) in [5.74, 6) is 1.42. The standard InChI is InChI=1S/C11H22O2/c12-7-5-10-3-1-2-4-11(9-10)6-8-13/h10-13H,1-9H2. The molecule has 0 spiro atoms. The fourth-order valence-electron chi connectivity index (χ4n) is 2.46. The summed E-state index contributed by atoms with van der Waals surface area (Å²) in [7, 11) is 0. The second-order valence-electron chi connectivity index (χ2n) is 4.28. The summed E-state index contributed by atoms with van der Waals surface area (Å²) in [6.45, 7) is 0.660. The summed E-state index contributed by atoms with van der Waals surface area (Å²) in [6, 6.07) is 0. The van der Waals surface area contributed by atoms with Gasteiger partial charge in [-0.3, -0.25) is 0 Å². The Bertz CT molecular complexity index is 111. The molecule has 0 aromatic heterocycles. The quantitative estimate of drug-likeness (QED) is 0.659. The van der Waals surface area contributed by atoms with Crippen molar-refractivity contribution >= 4 is 0 Å². The second kappa shape index (κ2) is 6.39. The smallest absolute Gasteiger partial charge is 0.0433 e. The maximum absolute atomic E-state index is 8.88. The van der Waals surface area contributed by atoms with E-state index in [1.54, 1.807) is 0 Å². The molecule has 1 saturated carbocycles. The molecule has 2 atom stereocenters. The summed E-state index contributed by atoms with van der Waals surface area (Å²) in [6.07, 6.45) is 8.33. The van der Waals surface area contributed by atoms with Crippen LogP contribution in [0.3, 0.4) is 0 Å². The van der Waals surface area contributed by atoms with Crippen molar-refractivity contribution in [1.29, 1.82) is 0 Å². The number of aliphatic hydroxyl groups is 2. The molecule has 2 nitrogen and oxygen atoms in total. The molecule has 0 amide bonds. The first-order valence-corrected chi connectivity index (χ1v) is 5.58. The lowest BCUT2D eigenvalue weighted by atomic mass is 9.89. The van der Waals surface area contributed by atoms with Crippen molar-refractivity contribution in [2.24, 2.45) is 11.8 Å². The minimum absolute atomic E-state index is 0.330. The highest BCUT2D eigenvalue weighted by molar-refractivity contribution is 4.71. The van der Waals surface area contributed by atoms with Crippen LogP contribution in [-0.4, -0.2) is 23.4 Å². The van der Waals surface area contributed by atoms with Crippen molar-refractivity contribution in [3.8, 4) is 0 Å². The van der Waals surface area contributed by atoms with E-state index in [2.05, 4.69) is 0 Å². The van der Waals surface area contributed by atoms with Crippen LogP contribution in [0.4, 0.5) is 0 Å². The predicted octanol–water partition coefficient (Wildman–Crippen LogP) is 1.95. The van der Waals surface area contributed by atoms with Gasteiger partial charge in [-0.1, -0.05) is 25.7 Å². The molecular weight excluding hydrogens is 164 g/mol. The van der Waals surface area contributed by atoms with E-state index in [1.807, 2.05) is 0 Å². The van der Waals surface area contributed by atoms with E-state index in [1.165, 1.54) is 32.1 Å². The molecule has 2 N–H and O–H groups in total. The van der Waals surface area contributed by atoms with Crippen molar-refractivity contribution in [1.82, 2.24) is 0 Å². The Hall–Kier alpha value is -0.0800. The maximum Gasteiger partial charge on any atom is 0.0433 e. The first-order chi connectivity index (χ1) is 6.36. The lowest BCUT2D eigenvalue weighted by Gasteiger charge is -2.18. The average Bonchev–Trinajstić information content (AvgIpc) is 2.32. The fourth-order valence-corrected chi connectivity index (χ4v) is 2.46. The zero-order chi connectivity index (χ0) is 9.52. The van der Waals surface area contributed by atoms with Crippen LogP contribution in [0.1, 0.15) is 44.9 Å². The van der Waals surface area contributed by atoms with Gasteiger partial charge < -0.3 is 10.2 Å². The van der Waals surface area contributed by atoms with Gasteiger partial charge in [-0.25, -0.2) is 0 Å². The molecule has 2 unspecified atom stereocenters. The Morgan fingerprint density at radius 3 is 1.69 bits per heavy atom. The van der Waals surface area contributed by atoms with E-state index in [9.17, 15) is 0 Å². The molecule has 0 radical (unpaired) electrons. The summed E-state index contributed by atoms with van der Waals surface area (Å²) in [5.41, 5.74) is 0. The Kier molecular flexibility index (Phi) is 5.40. The number of rotatable bonds is 4. The molecule has 1 aliphatic rings. The van der Waals surface area contributed by atoms with Gasteiger partial charge in [0.05, 0.1) is 0 Å². The first-order valence-electron chi connectivity index (χ1n) is 5.58. The van der Waals surface area contributed by atoms with Crippen LogP contribution in [0, 0.1) is 11.8 Å². The molecular formula is C11H22O2. The van der Waals surface area contributed by atoms with Crippen molar-refractivity contribution in [3.05, 3.63) is 0 Å². The normalized spacial score (nSPS) is 30.0. The van der Waals surface area contributed by atoms with Gasteiger partial charge in [-0.05, 0) is 31.1 Å². The third-order valence-corrected chi connectivity index (χ3v) is 3.22. The first kappa shape index (κ1) is 11.0. The van der Waals surface area contributed by atoms with Gasteiger partial charge in [-0.2, -0.15) is 0 Å². The highest BCUT2D eigenvalue weighted by Crippen LogP contribution is 2.31. The zero-order valence-corrected chi connectivity index (χ0v) is 8.41. The topological polar surface area (TPSA) is 40.5 Å². The summed E-state index contributed by atoms with van der Waals surface area (Å²) < 4.78 is 0.